The zero-order chi connectivity index (χ0) is 14.9. The van der Waals surface area contributed by atoms with Crippen LogP contribution in [0.4, 0.5) is 0 Å². The summed E-state index contributed by atoms with van der Waals surface area (Å²) in [5.74, 6) is 0.575. The summed E-state index contributed by atoms with van der Waals surface area (Å²) in [4.78, 5) is 6.58. The summed E-state index contributed by atoms with van der Waals surface area (Å²) in [5.41, 5.74) is 8.54. The Balaban J connectivity index is 2.02. The van der Waals surface area contributed by atoms with Crippen LogP contribution in [0.15, 0.2) is 65.7 Å². The molecule has 2 N–H and O–H groups in total. The third-order valence-electron chi connectivity index (χ3n) is 3.23. The predicted molar refractivity (Wildman–Crippen MR) is 88.6 cm³/mol. The van der Waals surface area contributed by atoms with Gasteiger partial charge >= 0.3 is 0 Å². The highest BCUT2D eigenvalue weighted by atomic mass is 15.2. The van der Waals surface area contributed by atoms with Crippen molar-refractivity contribution >= 4 is 5.96 Å². The molecule has 0 atom stereocenters. The van der Waals surface area contributed by atoms with Crippen LogP contribution in [0.3, 0.4) is 0 Å². The molecule has 0 saturated carbocycles. The minimum absolute atomic E-state index is 0.575. The average molecular weight is 280 g/mol. The smallest absolute Gasteiger partial charge is 0.191 e. The maximum atomic E-state index is 6.15. The first-order valence-electron chi connectivity index (χ1n) is 7.21. The first-order chi connectivity index (χ1) is 10.3. The Morgan fingerprint density at radius 1 is 0.952 bits per heavy atom. The number of nitrogens with two attached hydrogens (primary N) is 1. The Morgan fingerprint density at radius 2 is 1.52 bits per heavy atom. The fourth-order valence-corrected chi connectivity index (χ4v) is 2.12. The van der Waals surface area contributed by atoms with E-state index in [4.69, 9.17) is 5.73 Å². The molecule has 21 heavy (non-hydrogen) atoms. The Bertz CT molecular complexity index is 549. The van der Waals surface area contributed by atoms with Crippen LogP contribution in [-0.2, 0) is 13.1 Å². The summed E-state index contributed by atoms with van der Waals surface area (Å²) in [6.07, 6.45) is 0.800. The van der Waals surface area contributed by atoms with Crippen LogP contribution in [0.5, 0.6) is 0 Å². The molecule has 2 rings (SSSR count). The van der Waals surface area contributed by atoms with Crippen LogP contribution in [0.2, 0.25) is 0 Å². The Kier molecular flexibility index (Phi) is 5.83. The third kappa shape index (κ3) is 4.95. The van der Waals surface area contributed by atoms with Gasteiger partial charge in [0.05, 0.1) is 6.54 Å². The van der Waals surface area contributed by atoms with Crippen molar-refractivity contribution in [2.45, 2.75) is 19.5 Å². The molecule has 0 aliphatic carbocycles. The Hall–Kier alpha value is -2.29. The highest BCUT2D eigenvalue weighted by Crippen LogP contribution is 2.06. The van der Waals surface area contributed by atoms with Gasteiger partial charge in [0.2, 0.25) is 0 Å². The molecule has 0 aliphatic rings. The van der Waals surface area contributed by atoms with Crippen molar-refractivity contribution in [3.63, 3.8) is 0 Å². The number of guanidine groups is 1. The van der Waals surface area contributed by atoms with Gasteiger partial charge in [-0.15, -0.1) is 0 Å². The molecule has 0 aliphatic heterocycles. The lowest BCUT2D eigenvalue weighted by Gasteiger charge is -2.23. The second kappa shape index (κ2) is 8.10. The molecule has 2 aromatic rings. The molecule has 3 nitrogen and oxygen atoms in total. The van der Waals surface area contributed by atoms with Crippen molar-refractivity contribution in [3.8, 4) is 0 Å². The highest BCUT2D eigenvalue weighted by molar-refractivity contribution is 5.78. The standard InChI is InChI=1S/C18H22N3/c1-2-13-21(15-17-11-7-4-8-12-17)18(19)20-14-16-9-5-3-6-10-16/h3-12H,1-2,13-15H2,(H2,19,20). The predicted octanol–water partition coefficient (Wildman–Crippen LogP) is 3.23. The highest BCUT2D eigenvalue weighted by Gasteiger charge is 2.07. The van der Waals surface area contributed by atoms with Gasteiger partial charge in [0.15, 0.2) is 5.96 Å². The van der Waals surface area contributed by atoms with Crippen LogP contribution in [-0.4, -0.2) is 17.4 Å². The first-order valence-corrected chi connectivity index (χ1v) is 7.21. The number of nitrogens with zero attached hydrogens (tertiary/aromatic N) is 2. The molecular formula is C18H22N3. The minimum Gasteiger partial charge on any atom is -0.370 e. The van der Waals surface area contributed by atoms with E-state index in [9.17, 15) is 0 Å². The van der Waals surface area contributed by atoms with E-state index < -0.39 is 0 Å². The van der Waals surface area contributed by atoms with Crippen molar-refractivity contribution in [1.82, 2.24) is 4.90 Å². The largest absolute Gasteiger partial charge is 0.370 e. The van der Waals surface area contributed by atoms with E-state index in [1.807, 2.05) is 36.4 Å². The second-order valence-corrected chi connectivity index (χ2v) is 4.92. The zero-order valence-corrected chi connectivity index (χ0v) is 12.3. The monoisotopic (exact) mass is 280 g/mol. The summed E-state index contributed by atoms with van der Waals surface area (Å²) < 4.78 is 0. The van der Waals surface area contributed by atoms with E-state index in [1.165, 1.54) is 5.56 Å². The molecule has 0 fully saturated rings. The zero-order valence-electron chi connectivity index (χ0n) is 12.3. The molecule has 109 valence electrons. The average Bonchev–Trinajstić information content (AvgIpc) is 2.54. The SMILES string of the molecule is [CH2]CCN(Cc1ccccc1)C(N)=NCc1ccccc1. The van der Waals surface area contributed by atoms with Gasteiger partial charge in [-0.05, 0) is 17.5 Å². The van der Waals surface area contributed by atoms with Crippen LogP contribution >= 0.6 is 0 Å². The summed E-state index contributed by atoms with van der Waals surface area (Å²) in [6.45, 7) is 6.09. The molecule has 0 unspecified atom stereocenters. The third-order valence-corrected chi connectivity index (χ3v) is 3.23. The summed E-state index contributed by atoms with van der Waals surface area (Å²) >= 11 is 0. The van der Waals surface area contributed by atoms with E-state index in [-0.39, 0.29) is 0 Å². The van der Waals surface area contributed by atoms with Crippen LogP contribution < -0.4 is 5.73 Å². The number of benzene rings is 2. The molecule has 0 heterocycles. The van der Waals surface area contributed by atoms with E-state index >= 15 is 0 Å². The topological polar surface area (TPSA) is 41.6 Å². The fourth-order valence-electron chi connectivity index (χ4n) is 2.12. The van der Waals surface area contributed by atoms with Gasteiger partial charge in [-0.1, -0.05) is 67.6 Å². The lowest BCUT2D eigenvalue weighted by atomic mass is 10.2. The molecule has 2 aromatic carbocycles. The van der Waals surface area contributed by atoms with Crippen molar-refractivity contribution in [1.29, 1.82) is 0 Å². The van der Waals surface area contributed by atoms with Gasteiger partial charge in [-0.2, -0.15) is 0 Å². The quantitative estimate of drug-likeness (QED) is 0.652. The van der Waals surface area contributed by atoms with Crippen LogP contribution in [0, 0.1) is 6.92 Å². The van der Waals surface area contributed by atoms with Gasteiger partial charge in [-0.3, -0.25) is 0 Å². The molecule has 0 amide bonds. The van der Waals surface area contributed by atoms with Crippen molar-refractivity contribution in [2.24, 2.45) is 10.7 Å². The normalized spacial score (nSPS) is 11.4. The minimum atomic E-state index is 0.575. The number of rotatable bonds is 6. The van der Waals surface area contributed by atoms with Gasteiger partial charge in [0, 0.05) is 13.1 Å². The van der Waals surface area contributed by atoms with Gasteiger partial charge in [0.1, 0.15) is 0 Å². The van der Waals surface area contributed by atoms with Crippen molar-refractivity contribution < 1.29 is 0 Å². The number of hydrogen-bond acceptors (Lipinski definition) is 1. The molecule has 3 heteroatoms. The van der Waals surface area contributed by atoms with Crippen LogP contribution in [0.1, 0.15) is 17.5 Å². The molecule has 0 spiro atoms. The summed E-state index contributed by atoms with van der Waals surface area (Å²) in [7, 11) is 0. The molecule has 0 bridgehead atoms. The maximum absolute atomic E-state index is 6.15. The van der Waals surface area contributed by atoms with Crippen molar-refractivity contribution in [3.05, 3.63) is 78.7 Å². The molecule has 1 radical (unpaired) electrons. The summed E-state index contributed by atoms with van der Waals surface area (Å²) in [6, 6.07) is 20.4. The number of hydrogen-bond donors (Lipinski definition) is 1. The van der Waals surface area contributed by atoms with Crippen LogP contribution in [0.25, 0.3) is 0 Å². The van der Waals surface area contributed by atoms with E-state index in [0.29, 0.717) is 12.5 Å². The van der Waals surface area contributed by atoms with E-state index in [2.05, 4.69) is 41.1 Å². The lowest BCUT2D eigenvalue weighted by Crippen LogP contribution is -2.37. The Labute approximate surface area is 127 Å². The van der Waals surface area contributed by atoms with E-state index in [1.54, 1.807) is 0 Å². The second-order valence-electron chi connectivity index (χ2n) is 4.92. The fraction of sp³-hybridized carbons (Fsp3) is 0.222. The van der Waals surface area contributed by atoms with Crippen molar-refractivity contribution in [2.75, 3.05) is 6.54 Å². The van der Waals surface area contributed by atoms with Gasteiger partial charge < -0.3 is 10.6 Å². The van der Waals surface area contributed by atoms with Gasteiger partial charge in [-0.25, -0.2) is 4.99 Å². The first kappa shape index (κ1) is 15.1. The lowest BCUT2D eigenvalue weighted by molar-refractivity contribution is 0.413. The summed E-state index contributed by atoms with van der Waals surface area (Å²) in [5, 5.41) is 0. The maximum Gasteiger partial charge on any atom is 0.191 e. The molecular weight excluding hydrogens is 258 g/mol. The number of aliphatic imine (C=N–C) groups is 1. The van der Waals surface area contributed by atoms with Gasteiger partial charge in [0.25, 0.3) is 0 Å². The van der Waals surface area contributed by atoms with E-state index in [0.717, 1.165) is 25.1 Å². The molecule has 0 aromatic heterocycles. The Morgan fingerprint density at radius 3 is 2.10 bits per heavy atom. The molecule has 0 saturated heterocycles.